The van der Waals surface area contributed by atoms with Gasteiger partial charge in [-0.25, -0.2) is 0 Å². The average molecular weight is 358 g/mol. The van der Waals surface area contributed by atoms with E-state index in [0.717, 1.165) is 29.2 Å². The number of amides is 2. The van der Waals surface area contributed by atoms with Gasteiger partial charge in [0.05, 0.1) is 30.5 Å². The van der Waals surface area contributed by atoms with E-state index >= 15 is 0 Å². The quantitative estimate of drug-likeness (QED) is 0.762. The summed E-state index contributed by atoms with van der Waals surface area (Å²) in [6, 6.07) is 2.83. The zero-order chi connectivity index (χ0) is 18.8. The fourth-order valence-corrected chi connectivity index (χ4v) is 2.22. The van der Waals surface area contributed by atoms with E-state index in [4.69, 9.17) is 9.84 Å². The molecule has 0 fully saturated rings. The van der Waals surface area contributed by atoms with Crippen molar-refractivity contribution in [1.82, 2.24) is 4.90 Å². The van der Waals surface area contributed by atoms with Crippen molar-refractivity contribution in [3.05, 3.63) is 35.5 Å². The van der Waals surface area contributed by atoms with Crippen molar-refractivity contribution < 1.29 is 32.6 Å². The Labute approximate surface area is 141 Å². The number of alkyl halides is 3. The van der Waals surface area contributed by atoms with Crippen LogP contribution in [0.5, 0.6) is 5.75 Å². The summed E-state index contributed by atoms with van der Waals surface area (Å²) in [5.41, 5.74) is -1.19. The van der Waals surface area contributed by atoms with Crippen LogP contribution in [0.3, 0.4) is 0 Å². The van der Waals surface area contributed by atoms with Gasteiger partial charge in [-0.15, -0.1) is 0 Å². The van der Waals surface area contributed by atoms with Crippen LogP contribution in [0.15, 0.2) is 30.0 Å². The van der Waals surface area contributed by atoms with Gasteiger partial charge < -0.3 is 15.2 Å². The molecular formula is C16H17F3N2O4. The second kappa shape index (κ2) is 7.14. The van der Waals surface area contributed by atoms with E-state index in [1.807, 2.05) is 0 Å². The largest absolute Gasteiger partial charge is 0.489 e. The van der Waals surface area contributed by atoms with Crippen LogP contribution in [0.2, 0.25) is 0 Å². The summed E-state index contributed by atoms with van der Waals surface area (Å²) in [5, 5.41) is 11.4. The molecule has 25 heavy (non-hydrogen) atoms. The molecule has 2 rings (SSSR count). The molecule has 0 bridgehead atoms. The first kappa shape index (κ1) is 18.8. The van der Waals surface area contributed by atoms with Crippen LogP contribution in [0.25, 0.3) is 0 Å². The third-order valence-electron chi connectivity index (χ3n) is 3.27. The van der Waals surface area contributed by atoms with Gasteiger partial charge in [0, 0.05) is 6.08 Å². The van der Waals surface area contributed by atoms with Crippen molar-refractivity contribution in [2.45, 2.75) is 26.1 Å². The number of aliphatic hydroxyl groups is 1. The van der Waals surface area contributed by atoms with E-state index in [2.05, 4.69) is 5.32 Å². The van der Waals surface area contributed by atoms with Crippen molar-refractivity contribution in [3.63, 3.8) is 0 Å². The number of hydrogen-bond acceptors (Lipinski definition) is 5. The molecule has 0 unspecified atom stereocenters. The van der Waals surface area contributed by atoms with Crippen LogP contribution in [-0.4, -0.2) is 41.1 Å². The summed E-state index contributed by atoms with van der Waals surface area (Å²) in [4.78, 5) is 24.6. The standard InChI is InChI=1S/C16H17F3N2O4/c1-9(2)25-13-4-3-10(16(17,18)19)7-11(13)20-12-8-14(23)21(5-6-22)15(12)24/h3-4,7-9,20,22H,5-6H2,1-2H3. The summed E-state index contributed by atoms with van der Waals surface area (Å²) in [6.45, 7) is 2.79. The number of aliphatic hydroxyl groups excluding tert-OH is 1. The summed E-state index contributed by atoms with van der Waals surface area (Å²) in [6.07, 6.45) is -3.91. The maximum Gasteiger partial charge on any atom is 0.416 e. The van der Waals surface area contributed by atoms with E-state index in [1.54, 1.807) is 13.8 Å². The SMILES string of the molecule is CC(C)Oc1ccc(C(F)(F)F)cc1NC1=CC(=O)N(CCO)C1=O. The Morgan fingerprint density at radius 2 is 1.96 bits per heavy atom. The molecule has 1 aromatic rings. The molecule has 0 spiro atoms. The van der Waals surface area contributed by atoms with Crippen LogP contribution in [-0.2, 0) is 15.8 Å². The van der Waals surface area contributed by atoms with Gasteiger partial charge in [-0.2, -0.15) is 13.2 Å². The monoisotopic (exact) mass is 358 g/mol. The highest BCUT2D eigenvalue weighted by Gasteiger charge is 2.33. The molecular weight excluding hydrogens is 341 g/mol. The highest BCUT2D eigenvalue weighted by molar-refractivity contribution is 6.17. The van der Waals surface area contributed by atoms with Gasteiger partial charge in [-0.05, 0) is 32.0 Å². The number of β-amino-alcohol motifs (C(OH)–C–C–N with tert-alkyl or cyclic N) is 1. The lowest BCUT2D eigenvalue weighted by Gasteiger charge is -2.18. The predicted molar refractivity (Wildman–Crippen MR) is 82.7 cm³/mol. The minimum Gasteiger partial charge on any atom is -0.489 e. The molecule has 2 amide bonds. The van der Waals surface area contributed by atoms with Crippen molar-refractivity contribution >= 4 is 17.5 Å². The lowest BCUT2D eigenvalue weighted by atomic mass is 10.1. The molecule has 9 heteroatoms. The smallest absolute Gasteiger partial charge is 0.416 e. The number of imide groups is 1. The fraction of sp³-hybridized carbons (Fsp3) is 0.375. The maximum absolute atomic E-state index is 12.9. The molecule has 0 aromatic heterocycles. The third kappa shape index (κ3) is 4.30. The Morgan fingerprint density at radius 3 is 2.52 bits per heavy atom. The van der Waals surface area contributed by atoms with Crippen molar-refractivity contribution in [2.24, 2.45) is 0 Å². The molecule has 0 radical (unpaired) electrons. The number of ether oxygens (including phenoxy) is 1. The van der Waals surface area contributed by atoms with Crippen molar-refractivity contribution in [2.75, 3.05) is 18.5 Å². The second-order valence-corrected chi connectivity index (χ2v) is 5.58. The van der Waals surface area contributed by atoms with Gasteiger partial charge in [-0.1, -0.05) is 0 Å². The van der Waals surface area contributed by atoms with Gasteiger partial charge in [0.2, 0.25) is 0 Å². The molecule has 0 saturated heterocycles. The van der Waals surface area contributed by atoms with Crippen molar-refractivity contribution in [1.29, 1.82) is 0 Å². The third-order valence-corrected chi connectivity index (χ3v) is 3.27. The van der Waals surface area contributed by atoms with Crippen LogP contribution in [0, 0.1) is 0 Å². The first-order chi connectivity index (χ1) is 11.6. The first-order valence-electron chi connectivity index (χ1n) is 7.46. The Bertz CT molecular complexity index is 714. The second-order valence-electron chi connectivity index (χ2n) is 5.58. The average Bonchev–Trinajstić information content (AvgIpc) is 2.75. The van der Waals surface area contributed by atoms with Gasteiger partial charge in [0.15, 0.2) is 0 Å². The number of nitrogens with one attached hydrogen (secondary N) is 1. The minimum absolute atomic E-state index is 0.0817. The summed E-state index contributed by atoms with van der Waals surface area (Å²) in [5.74, 6) is -1.27. The molecule has 136 valence electrons. The molecule has 1 heterocycles. The molecule has 0 saturated carbocycles. The molecule has 6 nitrogen and oxygen atoms in total. The summed E-state index contributed by atoms with van der Waals surface area (Å²) < 4.78 is 44.3. The fourth-order valence-electron chi connectivity index (χ4n) is 2.22. The Balaban J connectivity index is 2.35. The van der Waals surface area contributed by atoms with E-state index in [0.29, 0.717) is 0 Å². The molecule has 1 aliphatic rings. The normalized spacial score (nSPS) is 15.0. The van der Waals surface area contributed by atoms with E-state index in [-0.39, 0.29) is 29.8 Å². The molecule has 0 aliphatic carbocycles. The Hall–Kier alpha value is -2.55. The van der Waals surface area contributed by atoms with Gasteiger partial charge >= 0.3 is 6.18 Å². The molecule has 1 aliphatic heterocycles. The number of hydrogen-bond donors (Lipinski definition) is 2. The van der Waals surface area contributed by atoms with Crippen LogP contribution >= 0.6 is 0 Å². The first-order valence-corrected chi connectivity index (χ1v) is 7.46. The maximum atomic E-state index is 12.9. The molecule has 1 aromatic carbocycles. The number of carbonyl (C=O) groups excluding carboxylic acids is 2. The molecule has 0 atom stereocenters. The number of anilines is 1. The zero-order valence-electron chi connectivity index (χ0n) is 13.6. The van der Waals surface area contributed by atoms with Gasteiger partial charge in [0.25, 0.3) is 11.8 Å². The number of nitrogens with zero attached hydrogens (tertiary/aromatic N) is 1. The predicted octanol–water partition coefficient (Wildman–Crippen LogP) is 2.15. The lowest BCUT2D eigenvalue weighted by molar-refractivity contribution is -0.138. The summed E-state index contributed by atoms with van der Waals surface area (Å²) >= 11 is 0. The Kier molecular flexibility index (Phi) is 5.36. The Morgan fingerprint density at radius 1 is 1.28 bits per heavy atom. The topological polar surface area (TPSA) is 78.9 Å². The van der Waals surface area contributed by atoms with E-state index in [9.17, 15) is 22.8 Å². The van der Waals surface area contributed by atoms with Gasteiger partial charge in [0.1, 0.15) is 11.4 Å². The lowest BCUT2D eigenvalue weighted by Crippen LogP contribution is -2.34. The molecule has 2 N–H and O–H groups in total. The summed E-state index contributed by atoms with van der Waals surface area (Å²) in [7, 11) is 0. The van der Waals surface area contributed by atoms with E-state index in [1.165, 1.54) is 0 Å². The number of benzene rings is 1. The van der Waals surface area contributed by atoms with Crippen LogP contribution in [0.1, 0.15) is 19.4 Å². The van der Waals surface area contributed by atoms with Crippen LogP contribution < -0.4 is 10.1 Å². The minimum atomic E-state index is -4.57. The van der Waals surface area contributed by atoms with Gasteiger partial charge in [-0.3, -0.25) is 14.5 Å². The van der Waals surface area contributed by atoms with Crippen molar-refractivity contribution in [3.8, 4) is 5.75 Å². The van der Waals surface area contributed by atoms with E-state index < -0.39 is 30.2 Å². The highest BCUT2D eigenvalue weighted by atomic mass is 19.4. The zero-order valence-corrected chi connectivity index (χ0v) is 13.6. The van der Waals surface area contributed by atoms with Crippen LogP contribution in [0.4, 0.5) is 18.9 Å². The number of rotatable bonds is 6. The number of halogens is 3. The highest BCUT2D eigenvalue weighted by Crippen LogP contribution is 2.36. The number of carbonyl (C=O) groups is 2.